The first-order valence-electron chi connectivity index (χ1n) is 8.18. The predicted molar refractivity (Wildman–Crippen MR) is 90.9 cm³/mol. The Morgan fingerprint density at radius 1 is 1.32 bits per heavy atom. The first kappa shape index (κ1) is 21.7. The van der Waals surface area contributed by atoms with Crippen molar-refractivity contribution in [1.29, 1.82) is 0 Å². The molecule has 0 radical (unpaired) electrons. The molecule has 0 saturated heterocycles. The van der Waals surface area contributed by atoms with E-state index in [1.54, 1.807) is 6.92 Å². The Labute approximate surface area is 147 Å². The second-order valence-electron chi connectivity index (χ2n) is 7.50. The van der Waals surface area contributed by atoms with Gasteiger partial charge in [-0.15, -0.1) is 0 Å². The summed E-state index contributed by atoms with van der Waals surface area (Å²) in [5.74, 6) is -1.03. The highest BCUT2D eigenvalue weighted by Crippen LogP contribution is 2.38. The number of carbonyl (C=O) groups is 1. The average Bonchev–Trinajstić information content (AvgIpc) is 2.80. The molecule has 1 aromatic heterocycles. The Kier molecular flexibility index (Phi) is 6.50. The lowest BCUT2D eigenvalue weighted by molar-refractivity contribution is -0.145. The van der Waals surface area contributed by atoms with Gasteiger partial charge in [0, 0.05) is 0 Å². The van der Waals surface area contributed by atoms with Crippen LogP contribution in [0, 0.1) is 0 Å². The van der Waals surface area contributed by atoms with Crippen molar-refractivity contribution in [2.24, 2.45) is 0 Å². The van der Waals surface area contributed by atoms with Crippen molar-refractivity contribution in [2.45, 2.75) is 71.6 Å². The molecular formula is C16H27F3N2O3Si. The molecule has 9 heteroatoms. The lowest BCUT2D eigenvalue weighted by atomic mass is 10.2. The van der Waals surface area contributed by atoms with Crippen LogP contribution in [0.4, 0.5) is 13.2 Å². The number of aromatic nitrogens is 2. The molecule has 1 atom stereocenters. The van der Waals surface area contributed by atoms with Gasteiger partial charge >= 0.3 is 12.1 Å². The van der Waals surface area contributed by atoms with Gasteiger partial charge in [-0.1, -0.05) is 20.8 Å². The van der Waals surface area contributed by atoms with E-state index in [9.17, 15) is 18.0 Å². The molecule has 0 aromatic carbocycles. The maximum Gasteiger partial charge on any atom is 0.433 e. The van der Waals surface area contributed by atoms with Crippen LogP contribution in [0.2, 0.25) is 18.1 Å². The number of alkyl halides is 3. The lowest BCUT2D eigenvalue weighted by Gasteiger charge is -2.38. The van der Waals surface area contributed by atoms with Crippen molar-refractivity contribution in [3.8, 4) is 0 Å². The smallest absolute Gasteiger partial charge is 0.433 e. The molecule has 0 aliphatic rings. The van der Waals surface area contributed by atoms with Gasteiger partial charge in [0.15, 0.2) is 14.0 Å². The number of halogens is 3. The van der Waals surface area contributed by atoms with Crippen molar-refractivity contribution in [3.63, 3.8) is 0 Å². The highest BCUT2D eigenvalue weighted by Gasteiger charge is 2.42. The molecule has 0 spiro atoms. The Morgan fingerprint density at radius 3 is 2.32 bits per heavy atom. The topological polar surface area (TPSA) is 53.3 Å². The fourth-order valence-corrected chi connectivity index (χ4v) is 3.58. The Hall–Kier alpha value is -1.35. The molecule has 1 aromatic rings. The summed E-state index contributed by atoms with van der Waals surface area (Å²) >= 11 is 0. The van der Waals surface area contributed by atoms with Gasteiger partial charge in [-0.25, -0.2) is 4.79 Å². The maximum atomic E-state index is 13.4. The molecule has 0 aliphatic carbocycles. The minimum absolute atomic E-state index is 0.00774. The first-order valence-corrected chi connectivity index (χ1v) is 11.1. The zero-order valence-electron chi connectivity index (χ0n) is 15.8. The molecule has 1 rings (SSSR count). The van der Waals surface area contributed by atoms with Gasteiger partial charge in [-0.2, -0.15) is 18.3 Å². The largest absolute Gasteiger partial charge is 0.462 e. The molecular weight excluding hydrogens is 353 g/mol. The molecule has 0 bridgehead atoms. The standard InChI is InChI=1S/C16H27F3N2O3Si/c1-8-23-14(22)12-9-20-21(13(12)16(17,18)19)10-11(2)24-25(6,7)15(3,4)5/h9,11H,8,10H2,1-7H3. The first-order chi connectivity index (χ1) is 11.2. The van der Waals surface area contributed by atoms with E-state index in [0.717, 1.165) is 10.9 Å². The molecule has 0 saturated carbocycles. The van der Waals surface area contributed by atoms with Crippen LogP contribution in [0.25, 0.3) is 0 Å². The van der Waals surface area contributed by atoms with Gasteiger partial charge in [-0.05, 0) is 32.0 Å². The summed E-state index contributed by atoms with van der Waals surface area (Å²) in [7, 11) is -2.13. The van der Waals surface area contributed by atoms with Crippen molar-refractivity contribution < 1.29 is 27.1 Å². The maximum absolute atomic E-state index is 13.4. The van der Waals surface area contributed by atoms with Crippen molar-refractivity contribution in [3.05, 3.63) is 17.5 Å². The summed E-state index contributed by atoms with van der Waals surface area (Å²) in [6, 6.07) is 0. The van der Waals surface area contributed by atoms with E-state index >= 15 is 0 Å². The monoisotopic (exact) mass is 380 g/mol. The van der Waals surface area contributed by atoms with Crippen molar-refractivity contribution in [2.75, 3.05) is 6.61 Å². The van der Waals surface area contributed by atoms with Gasteiger partial charge in [0.1, 0.15) is 5.56 Å². The van der Waals surface area contributed by atoms with E-state index in [1.807, 2.05) is 13.1 Å². The van der Waals surface area contributed by atoms with Crippen LogP contribution in [0.3, 0.4) is 0 Å². The number of hydrogen-bond acceptors (Lipinski definition) is 4. The molecule has 0 fully saturated rings. The number of rotatable bonds is 6. The van der Waals surface area contributed by atoms with Gasteiger partial charge in [0.05, 0.1) is 25.5 Å². The van der Waals surface area contributed by atoms with E-state index in [-0.39, 0.29) is 18.2 Å². The molecule has 0 aliphatic heterocycles. The molecule has 1 heterocycles. The Morgan fingerprint density at radius 2 is 1.88 bits per heavy atom. The van der Waals surface area contributed by atoms with E-state index in [2.05, 4.69) is 25.9 Å². The van der Waals surface area contributed by atoms with Gasteiger partial charge in [0.2, 0.25) is 0 Å². The summed E-state index contributed by atoms with van der Waals surface area (Å²) in [6.07, 6.45) is -4.29. The number of carbonyl (C=O) groups excluding carboxylic acids is 1. The minimum Gasteiger partial charge on any atom is -0.462 e. The molecule has 144 valence electrons. The quantitative estimate of drug-likeness (QED) is 0.539. The van der Waals surface area contributed by atoms with Gasteiger partial charge in [0.25, 0.3) is 0 Å². The molecule has 25 heavy (non-hydrogen) atoms. The summed E-state index contributed by atoms with van der Waals surface area (Å²) in [5, 5.41) is 3.69. The third kappa shape index (κ3) is 5.31. The SMILES string of the molecule is CCOC(=O)c1cnn(CC(C)O[Si](C)(C)C(C)(C)C)c1C(F)(F)F. The van der Waals surface area contributed by atoms with Crippen LogP contribution >= 0.6 is 0 Å². The molecule has 5 nitrogen and oxygen atoms in total. The molecule has 0 amide bonds. The zero-order valence-corrected chi connectivity index (χ0v) is 16.8. The fourth-order valence-electron chi connectivity index (χ4n) is 2.14. The zero-order chi connectivity index (χ0) is 19.6. The number of ether oxygens (including phenoxy) is 1. The Bertz CT molecular complexity index is 607. The van der Waals surface area contributed by atoms with Crippen LogP contribution in [0.15, 0.2) is 6.20 Å². The highest BCUT2D eigenvalue weighted by molar-refractivity contribution is 6.74. The second-order valence-corrected chi connectivity index (χ2v) is 12.3. The highest BCUT2D eigenvalue weighted by atomic mass is 28.4. The summed E-state index contributed by atoms with van der Waals surface area (Å²) in [4.78, 5) is 11.8. The van der Waals surface area contributed by atoms with Crippen LogP contribution in [-0.2, 0) is 21.9 Å². The van der Waals surface area contributed by atoms with E-state index in [4.69, 9.17) is 9.16 Å². The average molecular weight is 380 g/mol. The number of esters is 1. The number of nitrogens with zero attached hydrogens (tertiary/aromatic N) is 2. The normalized spacial score (nSPS) is 14.5. The second kappa shape index (κ2) is 7.49. The van der Waals surface area contributed by atoms with Crippen molar-refractivity contribution in [1.82, 2.24) is 9.78 Å². The Balaban J connectivity index is 3.08. The summed E-state index contributed by atoms with van der Waals surface area (Å²) in [5.41, 5.74) is -1.68. The molecule has 0 N–H and O–H groups in total. The van der Waals surface area contributed by atoms with Gasteiger partial charge < -0.3 is 9.16 Å². The third-order valence-electron chi connectivity index (χ3n) is 4.34. The summed E-state index contributed by atoms with van der Waals surface area (Å²) < 4.78 is 51.8. The van der Waals surface area contributed by atoms with Crippen LogP contribution in [-0.4, -0.2) is 36.8 Å². The minimum atomic E-state index is -4.71. The van der Waals surface area contributed by atoms with Gasteiger partial charge in [-0.3, -0.25) is 4.68 Å². The fraction of sp³-hybridized carbons (Fsp3) is 0.750. The van der Waals surface area contributed by atoms with E-state index in [1.165, 1.54) is 6.92 Å². The summed E-state index contributed by atoms with van der Waals surface area (Å²) in [6.45, 7) is 13.4. The van der Waals surface area contributed by atoms with Crippen LogP contribution < -0.4 is 0 Å². The number of hydrogen-bond donors (Lipinski definition) is 0. The van der Waals surface area contributed by atoms with E-state index < -0.39 is 37.8 Å². The van der Waals surface area contributed by atoms with Crippen molar-refractivity contribution >= 4 is 14.3 Å². The van der Waals surface area contributed by atoms with Crippen LogP contribution in [0.5, 0.6) is 0 Å². The van der Waals surface area contributed by atoms with E-state index in [0.29, 0.717) is 0 Å². The predicted octanol–water partition coefficient (Wildman–Crippen LogP) is 4.49. The molecule has 1 unspecified atom stereocenters. The van der Waals surface area contributed by atoms with Crippen LogP contribution in [0.1, 0.15) is 50.7 Å². The third-order valence-corrected chi connectivity index (χ3v) is 8.94. The lowest BCUT2D eigenvalue weighted by Crippen LogP contribution is -2.44.